The SMILES string of the molecule is Cc1sc(NC(=O)CSc2nnc(CNC(=O)c3ccccc3)n2C)nc1-c1ccccc1. The molecule has 2 heterocycles. The lowest BCUT2D eigenvalue weighted by atomic mass is 10.1. The van der Waals surface area contributed by atoms with Crippen molar-refractivity contribution in [2.24, 2.45) is 7.05 Å². The predicted octanol–water partition coefficient (Wildman–Crippen LogP) is 3.91. The number of aromatic nitrogens is 4. The number of thioether (sulfide) groups is 1. The minimum atomic E-state index is -0.180. The maximum Gasteiger partial charge on any atom is 0.251 e. The van der Waals surface area contributed by atoms with Crippen LogP contribution in [0.3, 0.4) is 0 Å². The summed E-state index contributed by atoms with van der Waals surface area (Å²) in [7, 11) is 1.81. The number of nitrogens with one attached hydrogen (secondary N) is 2. The monoisotopic (exact) mass is 478 g/mol. The smallest absolute Gasteiger partial charge is 0.251 e. The number of carbonyl (C=O) groups is 2. The first-order chi connectivity index (χ1) is 16.0. The summed E-state index contributed by atoms with van der Waals surface area (Å²) in [4.78, 5) is 30.3. The van der Waals surface area contributed by atoms with Crippen LogP contribution in [0.2, 0.25) is 0 Å². The van der Waals surface area contributed by atoms with Gasteiger partial charge in [-0.15, -0.1) is 21.5 Å². The maximum atomic E-state index is 12.5. The van der Waals surface area contributed by atoms with Crippen LogP contribution in [0.5, 0.6) is 0 Å². The lowest BCUT2D eigenvalue weighted by Crippen LogP contribution is -2.24. The first-order valence-electron chi connectivity index (χ1n) is 10.2. The first-order valence-corrected chi connectivity index (χ1v) is 12.0. The van der Waals surface area contributed by atoms with Crippen molar-refractivity contribution < 1.29 is 9.59 Å². The molecule has 0 fully saturated rings. The van der Waals surface area contributed by atoms with Gasteiger partial charge in [-0.05, 0) is 19.1 Å². The third-order valence-corrected chi connectivity index (χ3v) is 6.70. The summed E-state index contributed by atoms with van der Waals surface area (Å²) in [6.07, 6.45) is 0. The van der Waals surface area contributed by atoms with Gasteiger partial charge in [0.05, 0.1) is 18.0 Å². The van der Waals surface area contributed by atoms with Crippen LogP contribution in [-0.4, -0.2) is 37.3 Å². The molecule has 0 unspecified atom stereocenters. The molecule has 0 saturated heterocycles. The fourth-order valence-corrected chi connectivity index (χ4v) is 4.66. The molecular weight excluding hydrogens is 456 g/mol. The van der Waals surface area contributed by atoms with Gasteiger partial charge in [0.1, 0.15) is 0 Å². The van der Waals surface area contributed by atoms with Crippen molar-refractivity contribution in [3.8, 4) is 11.3 Å². The Balaban J connectivity index is 1.30. The summed E-state index contributed by atoms with van der Waals surface area (Å²) in [5.74, 6) is 0.420. The normalized spacial score (nSPS) is 10.7. The molecule has 0 saturated carbocycles. The van der Waals surface area contributed by atoms with Gasteiger partial charge >= 0.3 is 0 Å². The Morgan fingerprint density at radius 2 is 1.73 bits per heavy atom. The summed E-state index contributed by atoms with van der Waals surface area (Å²) in [5.41, 5.74) is 2.48. The van der Waals surface area contributed by atoms with Gasteiger partial charge in [-0.1, -0.05) is 60.3 Å². The molecule has 10 heteroatoms. The molecule has 0 aliphatic heterocycles. The van der Waals surface area contributed by atoms with Crippen LogP contribution in [-0.2, 0) is 18.4 Å². The Morgan fingerprint density at radius 1 is 1.03 bits per heavy atom. The molecule has 0 aliphatic rings. The fourth-order valence-electron chi connectivity index (χ4n) is 3.07. The van der Waals surface area contributed by atoms with E-state index in [4.69, 9.17) is 0 Å². The minimum Gasteiger partial charge on any atom is -0.345 e. The van der Waals surface area contributed by atoms with E-state index < -0.39 is 0 Å². The standard InChI is InChI=1S/C23H22N6O2S2/c1-15-20(16-9-5-3-6-10-16)26-22(33-15)25-19(30)14-32-23-28-27-18(29(23)2)13-24-21(31)17-11-7-4-8-12-17/h3-12H,13-14H2,1-2H3,(H,24,31)(H,25,26,30). The van der Waals surface area contributed by atoms with Gasteiger partial charge in [0.2, 0.25) is 5.91 Å². The third kappa shape index (κ3) is 5.65. The number of anilines is 1. The zero-order valence-corrected chi connectivity index (χ0v) is 19.7. The molecule has 4 aromatic rings. The zero-order valence-electron chi connectivity index (χ0n) is 18.1. The van der Waals surface area contributed by atoms with E-state index in [1.165, 1.54) is 23.1 Å². The van der Waals surface area contributed by atoms with Crippen molar-refractivity contribution in [2.45, 2.75) is 18.6 Å². The van der Waals surface area contributed by atoms with E-state index in [1.807, 2.05) is 55.5 Å². The minimum absolute atomic E-state index is 0.168. The van der Waals surface area contributed by atoms with Crippen LogP contribution in [0, 0.1) is 6.92 Å². The highest BCUT2D eigenvalue weighted by molar-refractivity contribution is 7.99. The Kier molecular flexibility index (Phi) is 7.16. The van der Waals surface area contributed by atoms with E-state index in [9.17, 15) is 9.59 Å². The molecule has 2 N–H and O–H groups in total. The van der Waals surface area contributed by atoms with Crippen LogP contribution >= 0.6 is 23.1 Å². The predicted molar refractivity (Wildman–Crippen MR) is 130 cm³/mol. The number of nitrogens with zero attached hydrogens (tertiary/aromatic N) is 4. The fraction of sp³-hybridized carbons (Fsp3) is 0.174. The van der Waals surface area contributed by atoms with Gasteiger partial charge in [0.25, 0.3) is 5.91 Å². The van der Waals surface area contributed by atoms with Crippen molar-refractivity contribution in [2.75, 3.05) is 11.1 Å². The van der Waals surface area contributed by atoms with Crippen molar-refractivity contribution in [1.29, 1.82) is 0 Å². The van der Waals surface area contributed by atoms with Gasteiger partial charge in [-0.3, -0.25) is 9.59 Å². The number of benzene rings is 2. The van der Waals surface area contributed by atoms with E-state index in [0.717, 1.165) is 16.1 Å². The van der Waals surface area contributed by atoms with E-state index in [0.29, 0.717) is 21.7 Å². The molecule has 33 heavy (non-hydrogen) atoms. The van der Waals surface area contributed by atoms with Crippen LogP contribution in [0.15, 0.2) is 65.8 Å². The number of rotatable bonds is 8. The van der Waals surface area contributed by atoms with Crippen LogP contribution < -0.4 is 10.6 Å². The second kappa shape index (κ2) is 10.4. The Morgan fingerprint density at radius 3 is 2.45 bits per heavy atom. The lowest BCUT2D eigenvalue weighted by Gasteiger charge is -2.06. The molecule has 0 aliphatic carbocycles. The Hall–Kier alpha value is -3.50. The number of hydrogen-bond donors (Lipinski definition) is 2. The number of hydrogen-bond acceptors (Lipinski definition) is 7. The summed E-state index contributed by atoms with van der Waals surface area (Å²) in [6, 6.07) is 18.9. The molecule has 4 rings (SSSR count). The first kappa shape index (κ1) is 22.7. The average Bonchev–Trinajstić information content (AvgIpc) is 3.38. The molecule has 0 spiro atoms. The van der Waals surface area contributed by atoms with E-state index in [-0.39, 0.29) is 24.1 Å². The number of carbonyl (C=O) groups excluding carboxylic acids is 2. The Bertz CT molecular complexity index is 1250. The lowest BCUT2D eigenvalue weighted by molar-refractivity contribution is -0.113. The summed E-state index contributed by atoms with van der Waals surface area (Å²) >= 11 is 2.72. The van der Waals surface area contributed by atoms with Crippen molar-refractivity contribution in [1.82, 2.24) is 25.1 Å². The molecular formula is C23H22N6O2S2. The third-order valence-electron chi connectivity index (χ3n) is 4.79. The quantitative estimate of drug-likeness (QED) is 0.372. The molecule has 0 radical (unpaired) electrons. The largest absolute Gasteiger partial charge is 0.345 e. The molecule has 0 atom stereocenters. The van der Waals surface area contributed by atoms with Gasteiger partial charge in [-0.2, -0.15) is 0 Å². The Labute approximate surface area is 199 Å². The molecule has 2 aromatic carbocycles. The number of amides is 2. The summed E-state index contributed by atoms with van der Waals surface area (Å²) in [6.45, 7) is 2.23. The van der Waals surface area contributed by atoms with Gasteiger partial charge in [0, 0.05) is 23.1 Å². The second-order valence-electron chi connectivity index (χ2n) is 7.13. The topological polar surface area (TPSA) is 102 Å². The molecule has 168 valence electrons. The van der Waals surface area contributed by atoms with Crippen LogP contribution in [0.1, 0.15) is 21.1 Å². The molecule has 2 aromatic heterocycles. The average molecular weight is 479 g/mol. The highest BCUT2D eigenvalue weighted by atomic mass is 32.2. The highest BCUT2D eigenvalue weighted by Crippen LogP contribution is 2.30. The van der Waals surface area contributed by atoms with E-state index >= 15 is 0 Å². The zero-order chi connectivity index (χ0) is 23.2. The number of aryl methyl sites for hydroxylation is 1. The van der Waals surface area contributed by atoms with Gasteiger partial charge in [0.15, 0.2) is 16.1 Å². The van der Waals surface area contributed by atoms with Crippen LogP contribution in [0.4, 0.5) is 5.13 Å². The van der Waals surface area contributed by atoms with Crippen molar-refractivity contribution in [3.63, 3.8) is 0 Å². The van der Waals surface area contributed by atoms with Crippen molar-refractivity contribution >= 4 is 40.0 Å². The number of thiazole rings is 1. The molecule has 0 bridgehead atoms. The molecule has 8 nitrogen and oxygen atoms in total. The van der Waals surface area contributed by atoms with Crippen LogP contribution in [0.25, 0.3) is 11.3 Å². The second-order valence-corrected chi connectivity index (χ2v) is 9.28. The van der Waals surface area contributed by atoms with E-state index in [2.05, 4.69) is 25.8 Å². The van der Waals surface area contributed by atoms with Crippen molar-refractivity contribution in [3.05, 3.63) is 76.9 Å². The van der Waals surface area contributed by atoms with Gasteiger partial charge in [-0.25, -0.2) is 4.98 Å². The van der Waals surface area contributed by atoms with Gasteiger partial charge < -0.3 is 15.2 Å². The highest BCUT2D eigenvalue weighted by Gasteiger charge is 2.15. The molecule has 2 amide bonds. The summed E-state index contributed by atoms with van der Waals surface area (Å²) < 4.78 is 1.77. The summed E-state index contributed by atoms with van der Waals surface area (Å²) in [5, 5.41) is 15.1. The maximum absolute atomic E-state index is 12.5. The van der Waals surface area contributed by atoms with E-state index in [1.54, 1.807) is 23.7 Å².